The molecule has 0 bridgehead atoms. The number of halogens is 2. The van der Waals surface area contributed by atoms with E-state index in [4.69, 9.17) is 27.9 Å². The van der Waals surface area contributed by atoms with Crippen molar-refractivity contribution in [3.05, 3.63) is 71.4 Å². The van der Waals surface area contributed by atoms with Crippen molar-refractivity contribution in [1.82, 2.24) is 19.8 Å². The Balaban J connectivity index is 1.31. The lowest BCUT2D eigenvalue weighted by Crippen LogP contribution is -2.46. The molecule has 0 saturated carbocycles. The van der Waals surface area contributed by atoms with Crippen LogP contribution in [0.3, 0.4) is 0 Å². The van der Waals surface area contributed by atoms with E-state index in [-0.39, 0.29) is 5.91 Å². The van der Waals surface area contributed by atoms with Crippen molar-refractivity contribution in [2.24, 2.45) is 0 Å². The smallest absolute Gasteiger partial charge is 0.247 e. The standard InChI is InChI=1S/C28H33Cl2N7O2/c1-3-26(38)32-20-7-5-8-21(17-20)33-27-24(30)19-31-28(35-27)34-22-9-10-25(23(29)18-22)39-16-6-11-37-14-12-36(4-2)13-15-37/h3,5,7-10,17-19H,1,4,6,11-16H2,2H3,(H,32,38)(H2,31,33,34,35). The monoisotopic (exact) mass is 569 g/mol. The normalized spacial score (nSPS) is 14.0. The molecule has 3 aromatic rings. The van der Waals surface area contributed by atoms with Crippen LogP contribution < -0.4 is 20.7 Å². The first kappa shape index (κ1) is 28.6. The first-order valence-corrected chi connectivity index (χ1v) is 13.7. The summed E-state index contributed by atoms with van der Waals surface area (Å²) in [5.41, 5.74) is 2.01. The first-order valence-electron chi connectivity index (χ1n) is 12.9. The third kappa shape index (κ3) is 8.56. The van der Waals surface area contributed by atoms with Gasteiger partial charge in [-0.2, -0.15) is 4.98 Å². The summed E-state index contributed by atoms with van der Waals surface area (Å²) in [6, 6.07) is 12.6. The molecule has 1 aliphatic rings. The summed E-state index contributed by atoms with van der Waals surface area (Å²) in [5, 5.41) is 9.87. The first-order chi connectivity index (χ1) is 18.9. The van der Waals surface area contributed by atoms with Crippen LogP contribution in [0.4, 0.5) is 28.8 Å². The number of likely N-dealkylation sites (N-methyl/N-ethyl adjacent to an activating group) is 1. The van der Waals surface area contributed by atoms with Crippen molar-refractivity contribution in [3.63, 3.8) is 0 Å². The molecule has 11 heteroatoms. The van der Waals surface area contributed by atoms with Crippen LogP contribution in [0.1, 0.15) is 13.3 Å². The van der Waals surface area contributed by atoms with E-state index in [1.54, 1.807) is 24.3 Å². The van der Waals surface area contributed by atoms with E-state index < -0.39 is 0 Å². The maximum atomic E-state index is 11.6. The highest BCUT2D eigenvalue weighted by molar-refractivity contribution is 6.33. The van der Waals surface area contributed by atoms with E-state index in [0.717, 1.165) is 45.7 Å². The Hall–Kier alpha value is -3.37. The van der Waals surface area contributed by atoms with Gasteiger partial charge >= 0.3 is 0 Å². The van der Waals surface area contributed by atoms with Crippen LogP contribution >= 0.6 is 23.2 Å². The van der Waals surface area contributed by atoms with Gasteiger partial charge in [0.05, 0.1) is 17.8 Å². The Morgan fingerprint density at radius 1 is 1.03 bits per heavy atom. The molecular weight excluding hydrogens is 537 g/mol. The number of benzene rings is 2. The fourth-order valence-corrected chi connectivity index (χ4v) is 4.52. The van der Waals surface area contributed by atoms with Crippen molar-refractivity contribution in [2.45, 2.75) is 13.3 Å². The number of ether oxygens (including phenoxy) is 1. The van der Waals surface area contributed by atoms with Gasteiger partial charge in [-0.15, -0.1) is 0 Å². The fourth-order valence-electron chi connectivity index (χ4n) is 4.14. The Labute approximate surface area is 239 Å². The molecule has 3 N–H and O–H groups in total. The van der Waals surface area contributed by atoms with Gasteiger partial charge in [0, 0.05) is 49.8 Å². The Bertz CT molecular complexity index is 1280. The average molecular weight is 571 g/mol. The molecule has 0 aliphatic carbocycles. The molecule has 1 fully saturated rings. The predicted molar refractivity (Wildman–Crippen MR) is 159 cm³/mol. The van der Waals surface area contributed by atoms with E-state index >= 15 is 0 Å². The van der Waals surface area contributed by atoms with Crippen molar-refractivity contribution in [3.8, 4) is 5.75 Å². The largest absolute Gasteiger partial charge is 0.492 e. The molecule has 2 aromatic carbocycles. The molecule has 9 nitrogen and oxygen atoms in total. The van der Waals surface area contributed by atoms with Gasteiger partial charge in [0.25, 0.3) is 0 Å². The second kappa shape index (κ2) is 14.1. The lowest BCUT2D eigenvalue weighted by atomic mass is 10.2. The van der Waals surface area contributed by atoms with Crippen molar-refractivity contribution in [1.29, 1.82) is 0 Å². The lowest BCUT2D eigenvalue weighted by Gasteiger charge is -2.33. The third-order valence-corrected chi connectivity index (χ3v) is 6.87. The van der Waals surface area contributed by atoms with Gasteiger partial charge in [-0.1, -0.05) is 42.8 Å². The van der Waals surface area contributed by atoms with Crippen molar-refractivity contribution < 1.29 is 9.53 Å². The van der Waals surface area contributed by atoms with Gasteiger partial charge in [-0.25, -0.2) is 4.98 Å². The zero-order valence-corrected chi connectivity index (χ0v) is 23.4. The summed E-state index contributed by atoms with van der Waals surface area (Å²) in [7, 11) is 0. The number of hydrogen-bond donors (Lipinski definition) is 3. The number of carbonyl (C=O) groups excluding carboxylic acids is 1. The number of carbonyl (C=O) groups is 1. The molecule has 206 valence electrons. The van der Waals surface area contributed by atoms with Gasteiger partial charge in [0.15, 0.2) is 5.82 Å². The molecule has 1 amide bonds. The highest BCUT2D eigenvalue weighted by Crippen LogP contribution is 2.30. The molecular formula is C28H33Cl2N7O2. The molecule has 39 heavy (non-hydrogen) atoms. The van der Waals surface area contributed by atoms with Gasteiger partial charge in [-0.05, 0) is 55.4 Å². The van der Waals surface area contributed by atoms with Gasteiger partial charge in [0.1, 0.15) is 10.8 Å². The van der Waals surface area contributed by atoms with E-state index in [9.17, 15) is 4.79 Å². The SMILES string of the molecule is C=CC(=O)Nc1cccc(Nc2nc(Nc3ccc(OCCCN4CCN(CC)CC4)c(Cl)c3)ncc2Cl)c1. The van der Waals surface area contributed by atoms with E-state index in [1.807, 2.05) is 18.2 Å². The predicted octanol–water partition coefficient (Wildman–Crippen LogP) is 5.80. The van der Waals surface area contributed by atoms with Crippen LogP contribution in [0.25, 0.3) is 0 Å². The maximum Gasteiger partial charge on any atom is 0.247 e. The summed E-state index contributed by atoms with van der Waals surface area (Å²) in [6.07, 6.45) is 3.66. The summed E-state index contributed by atoms with van der Waals surface area (Å²) in [4.78, 5) is 25.3. The zero-order valence-electron chi connectivity index (χ0n) is 21.9. The Kier molecular flexibility index (Phi) is 10.4. The number of nitrogens with zero attached hydrogens (tertiary/aromatic N) is 4. The number of anilines is 5. The minimum absolute atomic E-state index is 0.296. The maximum absolute atomic E-state index is 11.6. The number of aromatic nitrogens is 2. The van der Waals surface area contributed by atoms with Gasteiger partial charge in [0.2, 0.25) is 11.9 Å². The molecule has 1 saturated heterocycles. The minimum atomic E-state index is -0.296. The third-order valence-electron chi connectivity index (χ3n) is 6.30. The molecule has 0 radical (unpaired) electrons. The summed E-state index contributed by atoms with van der Waals surface area (Å²) in [5.74, 6) is 1.09. The van der Waals surface area contributed by atoms with Gasteiger partial charge in [-0.3, -0.25) is 4.79 Å². The molecule has 1 aliphatic heterocycles. The van der Waals surface area contributed by atoms with Gasteiger partial charge < -0.3 is 30.5 Å². The molecule has 2 heterocycles. The molecule has 0 unspecified atom stereocenters. The number of rotatable bonds is 12. The van der Waals surface area contributed by atoms with E-state index in [1.165, 1.54) is 12.3 Å². The molecule has 0 atom stereocenters. The van der Waals surface area contributed by atoms with Crippen LogP contribution in [0, 0.1) is 0 Å². The summed E-state index contributed by atoms with van der Waals surface area (Å²) >= 11 is 12.8. The summed E-state index contributed by atoms with van der Waals surface area (Å²) in [6.45, 7) is 12.9. The van der Waals surface area contributed by atoms with Crippen LogP contribution in [0.15, 0.2) is 61.3 Å². The second-order valence-corrected chi connectivity index (χ2v) is 9.85. The van der Waals surface area contributed by atoms with E-state index in [0.29, 0.717) is 51.2 Å². The van der Waals surface area contributed by atoms with Crippen LogP contribution in [0.5, 0.6) is 5.75 Å². The Morgan fingerprint density at radius 2 is 1.77 bits per heavy atom. The lowest BCUT2D eigenvalue weighted by molar-refractivity contribution is -0.111. The molecule has 0 spiro atoms. The van der Waals surface area contributed by atoms with Crippen LogP contribution in [0.2, 0.25) is 10.0 Å². The van der Waals surface area contributed by atoms with E-state index in [2.05, 4.69) is 49.2 Å². The number of piperazine rings is 1. The molecule has 1 aromatic heterocycles. The summed E-state index contributed by atoms with van der Waals surface area (Å²) < 4.78 is 5.93. The number of nitrogens with one attached hydrogen (secondary N) is 3. The molecule has 4 rings (SSSR count). The topological polar surface area (TPSA) is 94.6 Å². The minimum Gasteiger partial charge on any atom is -0.492 e. The highest BCUT2D eigenvalue weighted by Gasteiger charge is 2.15. The Morgan fingerprint density at radius 3 is 2.51 bits per heavy atom. The fraction of sp³-hybridized carbons (Fsp3) is 0.321. The second-order valence-electron chi connectivity index (χ2n) is 9.04. The van der Waals surface area contributed by atoms with Crippen LogP contribution in [-0.2, 0) is 4.79 Å². The zero-order chi connectivity index (χ0) is 27.6. The number of amides is 1. The van der Waals surface area contributed by atoms with Crippen molar-refractivity contribution in [2.75, 3.05) is 61.8 Å². The van der Waals surface area contributed by atoms with Crippen molar-refractivity contribution >= 4 is 57.9 Å². The highest BCUT2D eigenvalue weighted by atomic mass is 35.5. The quantitative estimate of drug-likeness (QED) is 0.186. The van der Waals surface area contributed by atoms with Crippen LogP contribution in [-0.4, -0.2) is 71.6 Å². The average Bonchev–Trinajstić information content (AvgIpc) is 2.94. The number of hydrogen-bond acceptors (Lipinski definition) is 8.